The molecule has 0 rings (SSSR count). The number of amides is 1. The van der Waals surface area contributed by atoms with Gasteiger partial charge in [0.2, 0.25) is 6.41 Å². The monoisotopic (exact) mass is 129 g/mol. The first-order chi connectivity index (χ1) is 4.22. The highest BCUT2D eigenvalue weighted by atomic mass is 16.2. The smallest absolute Gasteiger partial charge is 0.208 e. The Balaban J connectivity index is 3.81. The topological polar surface area (TPSA) is 63.2 Å². The first kappa shape index (κ1) is 7.81. The van der Waals surface area contributed by atoms with Crippen LogP contribution in [0.3, 0.4) is 0 Å². The van der Waals surface area contributed by atoms with Crippen LogP contribution < -0.4 is 5.32 Å². The number of hydrogen-bond donors (Lipinski definition) is 1. The maximum Gasteiger partial charge on any atom is 0.208 e. The number of ketones is 1. The molecule has 0 aromatic rings. The van der Waals surface area contributed by atoms with Gasteiger partial charge in [0.15, 0.2) is 5.78 Å². The van der Waals surface area contributed by atoms with Crippen molar-refractivity contribution in [2.75, 3.05) is 0 Å². The van der Waals surface area contributed by atoms with Crippen LogP contribution in [0.25, 0.3) is 0 Å². The van der Waals surface area contributed by atoms with E-state index in [2.05, 4.69) is 0 Å². The highest BCUT2D eigenvalue weighted by molar-refractivity contribution is 5.97. The minimum atomic E-state index is -0.970. The Morgan fingerprint density at radius 1 is 1.56 bits per heavy atom. The van der Waals surface area contributed by atoms with Crippen molar-refractivity contribution in [2.45, 2.75) is 13.0 Å². The summed E-state index contributed by atoms with van der Waals surface area (Å²) in [6.45, 7) is 1.23. The fraction of sp³-hybridized carbons (Fsp3) is 0.400. The highest BCUT2D eigenvalue weighted by Crippen LogP contribution is 1.76. The molecular weight excluding hydrogens is 122 g/mol. The Morgan fingerprint density at radius 3 is 2.22 bits per heavy atom. The number of carbonyl (C=O) groups is 3. The second kappa shape index (κ2) is 3.77. The van der Waals surface area contributed by atoms with Crippen LogP contribution in [0.4, 0.5) is 0 Å². The van der Waals surface area contributed by atoms with Gasteiger partial charge in [-0.2, -0.15) is 0 Å². The summed E-state index contributed by atoms with van der Waals surface area (Å²) >= 11 is 0. The molecule has 0 saturated heterocycles. The third-order valence-electron chi connectivity index (χ3n) is 0.822. The van der Waals surface area contributed by atoms with Crippen LogP contribution in [0.1, 0.15) is 6.92 Å². The highest BCUT2D eigenvalue weighted by Gasteiger charge is 2.09. The van der Waals surface area contributed by atoms with Gasteiger partial charge in [0.25, 0.3) is 0 Å². The molecule has 0 aromatic heterocycles. The van der Waals surface area contributed by atoms with E-state index in [9.17, 15) is 14.4 Å². The van der Waals surface area contributed by atoms with Crippen LogP contribution >= 0.6 is 0 Å². The minimum Gasteiger partial charge on any atom is -0.343 e. The van der Waals surface area contributed by atoms with Crippen molar-refractivity contribution in [3.05, 3.63) is 0 Å². The molecule has 1 N–H and O–H groups in total. The summed E-state index contributed by atoms with van der Waals surface area (Å²) in [6, 6.07) is -0.970. The SMILES string of the molecule is CC(=O)C(C=O)NC=O. The molecule has 0 heterocycles. The Labute approximate surface area is 52.2 Å². The van der Waals surface area contributed by atoms with Crippen molar-refractivity contribution in [1.29, 1.82) is 0 Å². The van der Waals surface area contributed by atoms with Crippen molar-refractivity contribution >= 4 is 18.5 Å². The molecule has 0 aromatic carbocycles. The van der Waals surface area contributed by atoms with Crippen molar-refractivity contribution in [3.8, 4) is 0 Å². The van der Waals surface area contributed by atoms with E-state index in [1.807, 2.05) is 5.32 Å². The third-order valence-corrected chi connectivity index (χ3v) is 0.822. The standard InChI is InChI=1S/C5H7NO3/c1-4(9)5(2-7)6-3-8/h2-3,5H,1H3,(H,6,8). The molecule has 0 saturated carbocycles. The zero-order valence-corrected chi connectivity index (χ0v) is 4.96. The minimum absolute atomic E-state index is 0.320. The van der Waals surface area contributed by atoms with E-state index in [1.165, 1.54) is 6.92 Å². The number of rotatable bonds is 4. The van der Waals surface area contributed by atoms with Crippen LogP contribution in [0.5, 0.6) is 0 Å². The molecule has 0 aliphatic carbocycles. The quantitative estimate of drug-likeness (QED) is 0.386. The molecule has 0 aliphatic heterocycles. The second-order valence-electron chi connectivity index (χ2n) is 1.51. The molecule has 0 bridgehead atoms. The summed E-state index contributed by atoms with van der Waals surface area (Å²) < 4.78 is 0. The normalized spacial score (nSPS) is 11.7. The van der Waals surface area contributed by atoms with Gasteiger partial charge >= 0.3 is 0 Å². The predicted molar refractivity (Wildman–Crippen MR) is 29.7 cm³/mol. The molecule has 4 nitrogen and oxygen atoms in total. The molecule has 0 spiro atoms. The molecule has 1 amide bonds. The lowest BCUT2D eigenvalue weighted by Gasteiger charge is -2.00. The first-order valence-electron chi connectivity index (χ1n) is 2.37. The molecule has 1 atom stereocenters. The lowest BCUT2D eigenvalue weighted by atomic mass is 10.2. The van der Waals surface area contributed by atoms with Crippen LogP contribution in [-0.2, 0) is 14.4 Å². The number of Topliss-reactive ketones (excluding diaryl/α,β-unsaturated/α-hetero) is 1. The summed E-state index contributed by atoms with van der Waals surface area (Å²) in [6.07, 6.45) is 0.706. The van der Waals surface area contributed by atoms with E-state index in [0.717, 1.165) is 0 Å². The van der Waals surface area contributed by atoms with Crippen molar-refractivity contribution in [2.24, 2.45) is 0 Å². The zero-order chi connectivity index (χ0) is 7.28. The van der Waals surface area contributed by atoms with E-state index in [4.69, 9.17) is 0 Å². The summed E-state index contributed by atoms with van der Waals surface area (Å²) in [5.74, 6) is -0.364. The molecule has 50 valence electrons. The van der Waals surface area contributed by atoms with Crippen molar-refractivity contribution in [1.82, 2.24) is 5.32 Å². The van der Waals surface area contributed by atoms with Crippen LogP contribution in [0.15, 0.2) is 0 Å². The van der Waals surface area contributed by atoms with Gasteiger partial charge in [-0.3, -0.25) is 9.59 Å². The molecular formula is C5H7NO3. The molecule has 0 fully saturated rings. The summed E-state index contributed by atoms with van der Waals surface area (Å²) in [7, 11) is 0. The Kier molecular flexibility index (Phi) is 3.27. The molecule has 4 heteroatoms. The van der Waals surface area contributed by atoms with Gasteiger partial charge in [0.1, 0.15) is 12.3 Å². The largest absolute Gasteiger partial charge is 0.343 e. The van der Waals surface area contributed by atoms with Gasteiger partial charge in [-0.15, -0.1) is 0 Å². The average molecular weight is 129 g/mol. The third kappa shape index (κ3) is 2.58. The van der Waals surface area contributed by atoms with Crippen molar-refractivity contribution in [3.63, 3.8) is 0 Å². The Bertz CT molecular complexity index is 132. The van der Waals surface area contributed by atoms with Crippen LogP contribution in [-0.4, -0.2) is 24.5 Å². The summed E-state index contributed by atoms with van der Waals surface area (Å²) in [5.41, 5.74) is 0. The number of hydrogen-bond acceptors (Lipinski definition) is 3. The summed E-state index contributed by atoms with van der Waals surface area (Å²) in [4.78, 5) is 29.9. The van der Waals surface area contributed by atoms with Gasteiger partial charge in [0.05, 0.1) is 0 Å². The zero-order valence-electron chi connectivity index (χ0n) is 4.96. The fourth-order valence-electron chi connectivity index (χ4n) is 0.326. The molecule has 0 radical (unpaired) electrons. The van der Waals surface area contributed by atoms with Gasteiger partial charge in [-0.25, -0.2) is 0 Å². The molecule has 0 aliphatic rings. The fourth-order valence-corrected chi connectivity index (χ4v) is 0.326. The first-order valence-corrected chi connectivity index (χ1v) is 2.37. The lowest BCUT2D eigenvalue weighted by Crippen LogP contribution is -2.35. The number of carbonyl (C=O) groups excluding carboxylic acids is 3. The summed E-state index contributed by atoms with van der Waals surface area (Å²) in [5, 5.41) is 2.03. The van der Waals surface area contributed by atoms with E-state index in [0.29, 0.717) is 12.7 Å². The second-order valence-corrected chi connectivity index (χ2v) is 1.51. The van der Waals surface area contributed by atoms with Gasteiger partial charge in [-0.05, 0) is 6.92 Å². The predicted octanol–water partition coefficient (Wildman–Crippen LogP) is -1.11. The van der Waals surface area contributed by atoms with Crippen molar-refractivity contribution < 1.29 is 14.4 Å². The van der Waals surface area contributed by atoms with E-state index in [-0.39, 0.29) is 5.78 Å². The van der Waals surface area contributed by atoms with Crippen LogP contribution in [0, 0.1) is 0 Å². The molecule has 9 heavy (non-hydrogen) atoms. The lowest BCUT2D eigenvalue weighted by molar-refractivity contribution is -0.126. The van der Waals surface area contributed by atoms with Gasteiger partial charge in [0, 0.05) is 0 Å². The Morgan fingerprint density at radius 2 is 2.11 bits per heavy atom. The maximum atomic E-state index is 10.3. The van der Waals surface area contributed by atoms with E-state index >= 15 is 0 Å². The van der Waals surface area contributed by atoms with Gasteiger partial charge < -0.3 is 10.1 Å². The molecule has 1 unspecified atom stereocenters. The average Bonchev–Trinajstić information content (AvgIpc) is 1.82. The van der Waals surface area contributed by atoms with E-state index in [1.54, 1.807) is 0 Å². The van der Waals surface area contributed by atoms with Crippen LogP contribution in [0.2, 0.25) is 0 Å². The number of aldehydes is 1. The maximum absolute atomic E-state index is 10.3. The Hall–Kier alpha value is -1.19. The van der Waals surface area contributed by atoms with Gasteiger partial charge in [-0.1, -0.05) is 0 Å². The number of nitrogens with one attached hydrogen (secondary N) is 1. The van der Waals surface area contributed by atoms with E-state index < -0.39 is 6.04 Å².